The third-order valence-electron chi connectivity index (χ3n) is 2.38. The van der Waals surface area contributed by atoms with E-state index in [1.165, 1.54) is 0 Å². The second kappa shape index (κ2) is 4.98. The van der Waals surface area contributed by atoms with E-state index >= 15 is 0 Å². The van der Waals surface area contributed by atoms with Gasteiger partial charge in [0.2, 0.25) is 0 Å². The Labute approximate surface area is 110 Å². The van der Waals surface area contributed by atoms with Crippen LogP contribution in [0, 0.1) is 13.8 Å². The van der Waals surface area contributed by atoms with Crippen LogP contribution in [-0.4, -0.2) is 4.98 Å². The van der Waals surface area contributed by atoms with Crippen LogP contribution in [-0.2, 0) is 6.54 Å². The normalized spacial score (nSPS) is 10.6. The van der Waals surface area contributed by atoms with Crippen molar-refractivity contribution < 1.29 is 4.42 Å². The Kier molecular flexibility index (Phi) is 3.60. The molecule has 0 spiro atoms. The molecule has 0 atom stereocenters. The van der Waals surface area contributed by atoms with Crippen molar-refractivity contribution in [1.29, 1.82) is 0 Å². The van der Waals surface area contributed by atoms with Crippen LogP contribution in [0.5, 0.6) is 0 Å². The van der Waals surface area contributed by atoms with Crippen LogP contribution in [0.2, 0.25) is 10.3 Å². The number of aryl methyl sites for hydroxylation is 2. The fourth-order valence-corrected chi connectivity index (χ4v) is 2.16. The highest BCUT2D eigenvalue weighted by Gasteiger charge is 2.08. The average Bonchev–Trinajstić information content (AvgIpc) is 2.62. The maximum Gasteiger partial charge on any atom is 0.154 e. The van der Waals surface area contributed by atoms with Crippen LogP contribution < -0.4 is 5.32 Å². The molecule has 0 amide bonds. The highest BCUT2D eigenvalue weighted by molar-refractivity contribution is 6.34. The molecule has 2 aromatic rings. The van der Waals surface area contributed by atoms with E-state index in [1.807, 2.05) is 26.0 Å². The first-order valence-electron chi connectivity index (χ1n) is 5.18. The minimum absolute atomic E-state index is 0.373. The molecule has 0 unspecified atom stereocenters. The van der Waals surface area contributed by atoms with Crippen LogP contribution in [0.1, 0.15) is 17.1 Å². The van der Waals surface area contributed by atoms with E-state index < -0.39 is 0 Å². The molecule has 1 N–H and O–H groups in total. The first-order chi connectivity index (χ1) is 8.06. The quantitative estimate of drug-likeness (QED) is 0.850. The lowest BCUT2D eigenvalue weighted by atomic mass is 10.2. The Morgan fingerprint density at radius 1 is 1.29 bits per heavy atom. The van der Waals surface area contributed by atoms with Gasteiger partial charge in [0.15, 0.2) is 5.15 Å². The number of hydrogen-bond acceptors (Lipinski definition) is 3. The molecule has 0 aliphatic rings. The molecule has 2 heterocycles. The zero-order valence-electron chi connectivity index (χ0n) is 9.55. The fourth-order valence-electron chi connectivity index (χ4n) is 1.56. The summed E-state index contributed by atoms with van der Waals surface area (Å²) in [6.45, 7) is 4.40. The number of pyridine rings is 1. The first-order valence-corrected chi connectivity index (χ1v) is 5.93. The second-order valence-corrected chi connectivity index (χ2v) is 4.54. The maximum absolute atomic E-state index is 6.02. The summed E-state index contributed by atoms with van der Waals surface area (Å²) in [6, 6.07) is 5.61. The van der Waals surface area contributed by atoms with Crippen LogP contribution in [0.3, 0.4) is 0 Å². The number of rotatable bonds is 3. The number of halogens is 2. The summed E-state index contributed by atoms with van der Waals surface area (Å²) in [4.78, 5) is 3.99. The molecule has 2 aromatic heterocycles. The predicted octanol–water partition coefficient (Wildman–Crippen LogP) is 4.21. The van der Waals surface area contributed by atoms with Crippen molar-refractivity contribution in [3.8, 4) is 0 Å². The third-order valence-corrected chi connectivity index (χ3v) is 2.84. The zero-order valence-corrected chi connectivity index (χ0v) is 11.1. The number of anilines is 1. The molecule has 0 saturated heterocycles. The minimum atomic E-state index is 0.373. The smallest absolute Gasteiger partial charge is 0.154 e. The Morgan fingerprint density at radius 3 is 2.65 bits per heavy atom. The first kappa shape index (κ1) is 12.3. The van der Waals surface area contributed by atoms with Gasteiger partial charge in [0.1, 0.15) is 16.7 Å². The summed E-state index contributed by atoms with van der Waals surface area (Å²) < 4.78 is 5.46. The van der Waals surface area contributed by atoms with Gasteiger partial charge < -0.3 is 9.73 Å². The number of furan rings is 1. The molecule has 17 heavy (non-hydrogen) atoms. The Balaban J connectivity index is 2.14. The van der Waals surface area contributed by atoms with Gasteiger partial charge in [-0.05, 0) is 37.6 Å². The predicted molar refractivity (Wildman–Crippen MR) is 69.8 cm³/mol. The monoisotopic (exact) mass is 270 g/mol. The van der Waals surface area contributed by atoms with Gasteiger partial charge >= 0.3 is 0 Å². The van der Waals surface area contributed by atoms with Gasteiger partial charge in [-0.3, -0.25) is 0 Å². The van der Waals surface area contributed by atoms with Gasteiger partial charge in [0, 0.05) is 0 Å². The number of nitrogens with zero attached hydrogens (tertiary/aromatic N) is 1. The summed E-state index contributed by atoms with van der Waals surface area (Å²) >= 11 is 11.8. The molecule has 3 nitrogen and oxygen atoms in total. The molecule has 0 aliphatic carbocycles. The van der Waals surface area contributed by atoms with Crippen molar-refractivity contribution in [3.05, 3.63) is 45.6 Å². The molecule has 0 bridgehead atoms. The van der Waals surface area contributed by atoms with Gasteiger partial charge in [-0.2, -0.15) is 0 Å². The molecule has 5 heteroatoms. The van der Waals surface area contributed by atoms with Crippen molar-refractivity contribution in [1.82, 2.24) is 4.98 Å². The molecular formula is C12H12Cl2N2O. The van der Waals surface area contributed by atoms with Gasteiger partial charge in [-0.1, -0.05) is 23.2 Å². The van der Waals surface area contributed by atoms with Gasteiger partial charge in [-0.25, -0.2) is 4.98 Å². The number of nitrogens with one attached hydrogen (secondary N) is 1. The summed E-state index contributed by atoms with van der Waals surface area (Å²) in [6.07, 6.45) is 0. The maximum atomic E-state index is 6.02. The lowest BCUT2D eigenvalue weighted by Crippen LogP contribution is -2.02. The van der Waals surface area contributed by atoms with Crippen molar-refractivity contribution in [2.75, 3.05) is 5.32 Å². The minimum Gasteiger partial charge on any atom is -0.465 e. The van der Waals surface area contributed by atoms with E-state index in [9.17, 15) is 0 Å². The van der Waals surface area contributed by atoms with Crippen molar-refractivity contribution in [3.63, 3.8) is 0 Å². The molecule has 0 aliphatic heterocycles. The standard InChI is InChI=1S/C12H12Cl2N2O/c1-7-5-10(13)16-12(14)11(7)15-6-9-4-3-8(2)17-9/h3-5,15H,6H2,1-2H3. The van der Waals surface area contributed by atoms with Gasteiger partial charge in [-0.15, -0.1) is 0 Å². The van der Waals surface area contributed by atoms with E-state index in [1.54, 1.807) is 6.07 Å². The topological polar surface area (TPSA) is 38.1 Å². The third kappa shape index (κ3) is 2.93. The molecule has 2 rings (SSSR count). The molecule has 0 saturated carbocycles. The van der Waals surface area contributed by atoms with Crippen molar-refractivity contribution in [2.24, 2.45) is 0 Å². The van der Waals surface area contributed by atoms with Crippen LogP contribution >= 0.6 is 23.2 Å². The van der Waals surface area contributed by atoms with E-state index in [0.717, 1.165) is 22.8 Å². The largest absolute Gasteiger partial charge is 0.465 e. The molecule has 0 radical (unpaired) electrons. The van der Waals surface area contributed by atoms with Crippen LogP contribution in [0.4, 0.5) is 5.69 Å². The fraction of sp³-hybridized carbons (Fsp3) is 0.250. The summed E-state index contributed by atoms with van der Waals surface area (Å²) in [5.41, 5.74) is 1.74. The molecular weight excluding hydrogens is 259 g/mol. The molecule has 0 aromatic carbocycles. The lowest BCUT2D eigenvalue weighted by molar-refractivity contribution is 0.490. The Bertz CT molecular complexity index is 514. The number of aromatic nitrogens is 1. The summed E-state index contributed by atoms with van der Waals surface area (Å²) in [7, 11) is 0. The van der Waals surface area contributed by atoms with E-state index in [4.69, 9.17) is 27.6 Å². The van der Waals surface area contributed by atoms with Crippen molar-refractivity contribution in [2.45, 2.75) is 20.4 Å². The average molecular weight is 271 g/mol. The van der Waals surface area contributed by atoms with E-state index in [0.29, 0.717) is 16.9 Å². The highest BCUT2D eigenvalue weighted by Crippen LogP contribution is 2.26. The van der Waals surface area contributed by atoms with E-state index in [-0.39, 0.29) is 0 Å². The van der Waals surface area contributed by atoms with Crippen LogP contribution in [0.15, 0.2) is 22.6 Å². The second-order valence-electron chi connectivity index (χ2n) is 3.79. The molecule has 0 fully saturated rings. The zero-order chi connectivity index (χ0) is 12.4. The highest BCUT2D eigenvalue weighted by atomic mass is 35.5. The summed E-state index contributed by atoms with van der Waals surface area (Å²) in [5, 5.41) is 3.96. The lowest BCUT2D eigenvalue weighted by Gasteiger charge is -2.09. The summed E-state index contributed by atoms with van der Waals surface area (Å²) in [5.74, 6) is 1.74. The molecule has 90 valence electrons. The SMILES string of the molecule is Cc1ccc(CNc2c(C)cc(Cl)nc2Cl)o1. The van der Waals surface area contributed by atoms with Gasteiger partial charge in [0.05, 0.1) is 12.2 Å². The Morgan fingerprint density at radius 2 is 2.06 bits per heavy atom. The number of hydrogen-bond donors (Lipinski definition) is 1. The Hall–Kier alpha value is -1.19. The van der Waals surface area contributed by atoms with Crippen molar-refractivity contribution >= 4 is 28.9 Å². The van der Waals surface area contributed by atoms with Gasteiger partial charge in [0.25, 0.3) is 0 Å². The van der Waals surface area contributed by atoms with E-state index in [2.05, 4.69) is 10.3 Å². The van der Waals surface area contributed by atoms with Crippen LogP contribution in [0.25, 0.3) is 0 Å².